The van der Waals surface area contributed by atoms with Crippen LogP contribution >= 0.6 is 0 Å². The second kappa shape index (κ2) is 6.37. The van der Waals surface area contributed by atoms with Gasteiger partial charge < -0.3 is 10.5 Å². The van der Waals surface area contributed by atoms with Gasteiger partial charge in [0.2, 0.25) is 0 Å². The molecule has 0 aliphatic heterocycles. The summed E-state index contributed by atoms with van der Waals surface area (Å²) in [5, 5.41) is 0. The molecule has 116 valence electrons. The zero-order valence-electron chi connectivity index (χ0n) is 13.3. The summed E-state index contributed by atoms with van der Waals surface area (Å²) in [4.78, 5) is 2.57. The number of benzene rings is 1. The molecular formula is C18H28N2O. The summed E-state index contributed by atoms with van der Waals surface area (Å²) in [6.07, 6.45) is 9.29. The number of ether oxygens (including phenoxy) is 1. The van der Waals surface area contributed by atoms with Crippen molar-refractivity contribution in [2.75, 3.05) is 14.2 Å². The number of hydrogen-bond acceptors (Lipinski definition) is 3. The number of fused-ring (bicyclic) bond motifs is 1. The normalized spacial score (nSPS) is 26.7. The van der Waals surface area contributed by atoms with Crippen LogP contribution in [0, 0.1) is 0 Å². The van der Waals surface area contributed by atoms with Crippen molar-refractivity contribution < 1.29 is 4.74 Å². The molecule has 0 heterocycles. The summed E-state index contributed by atoms with van der Waals surface area (Å²) in [6, 6.07) is 7.63. The van der Waals surface area contributed by atoms with E-state index in [0.29, 0.717) is 12.1 Å². The largest absolute Gasteiger partial charge is 0.497 e. The molecule has 2 aliphatic rings. The highest BCUT2D eigenvalue weighted by atomic mass is 16.5. The van der Waals surface area contributed by atoms with Crippen molar-refractivity contribution >= 4 is 0 Å². The van der Waals surface area contributed by atoms with Gasteiger partial charge in [0, 0.05) is 18.1 Å². The third kappa shape index (κ3) is 2.95. The topological polar surface area (TPSA) is 38.5 Å². The standard InChI is InChI=1S/C18H28N2O/c1-20(14-7-5-3-4-6-8-14)17-11-13-9-10-15(21-2)12-16(13)18(17)19/h9-10,12,14,17-18H,3-8,11,19H2,1-2H3. The number of methoxy groups -OCH3 is 1. The number of hydrogen-bond donors (Lipinski definition) is 1. The van der Waals surface area contributed by atoms with Crippen molar-refractivity contribution in [1.29, 1.82) is 0 Å². The Bertz CT molecular complexity index is 480. The Hall–Kier alpha value is -1.06. The van der Waals surface area contributed by atoms with Crippen LogP contribution in [0.2, 0.25) is 0 Å². The van der Waals surface area contributed by atoms with Crippen LogP contribution in [0.3, 0.4) is 0 Å². The van der Waals surface area contributed by atoms with E-state index in [0.717, 1.165) is 12.2 Å². The minimum absolute atomic E-state index is 0.114. The molecule has 1 aromatic rings. The van der Waals surface area contributed by atoms with E-state index in [1.807, 2.05) is 0 Å². The van der Waals surface area contributed by atoms with E-state index in [2.05, 4.69) is 30.1 Å². The van der Waals surface area contributed by atoms with E-state index in [1.165, 1.54) is 49.7 Å². The Morgan fingerprint density at radius 1 is 1.14 bits per heavy atom. The van der Waals surface area contributed by atoms with Crippen LogP contribution < -0.4 is 10.5 Å². The maximum atomic E-state index is 6.56. The fraction of sp³-hybridized carbons (Fsp3) is 0.667. The zero-order valence-corrected chi connectivity index (χ0v) is 13.3. The Morgan fingerprint density at radius 2 is 1.86 bits per heavy atom. The lowest BCUT2D eigenvalue weighted by molar-refractivity contribution is 0.144. The van der Waals surface area contributed by atoms with Gasteiger partial charge in [-0.25, -0.2) is 0 Å². The van der Waals surface area contributed by atoms with Crippen molar-refractivity contribution in [3.8, 4) is 5.75 Å². The average Bonchev–Trinajstić information content (AvgIpc) is 2.71. The molecule has 0 radical (unpaired) electrons. The maximum absolute atomic E-state index is 6.56. The Balaban J connectivity index is 1.75. The molecule has 3 rings (SSSR count). The van der Waals surface area contributed by atoms with Crippen LogP contribution in [0.4, 0.5) is 0 Å². The van der Waals surface area contributed by atoms with Crippen LogP contribution in [0.25, 0.3) is 0 Å². The lowest BCUT2D eigenvalue weighted by atomic mass is 10.0. The molecular weight excluding hydrogens is 260 g/mol. The minimum Gasteiger partial charge on any atom is -0.497 e. The first-order valence-electron chi connectivity index (χ1n) is 8.35. The molecule has 0 spiro atoms. The van der Waals surface area contributed by atoms with E-state index in [4.69, 9.17) is 10.5 Å². The SMILES string of the molecule is COc1ccc2c(c1)C(N)C(N(C)C1CCCCCC1)C2. The van der Waals surface area contributed by atoms with Gasteiger partial charge in [-0.3, -0.25) is 4.90 Å². The van der Waals surface area contributed by atoms with E-state index >= 15 is 0 Å². The molecule has 2 unspecified atom stereocenters. The molecule has 0 amide bonds. The molecule has 1 aromatic carbocycles. The van der Waals surface area contributed by atoms with Gasteiger partial charge in [-0.1, -0.05) is 31.7 Å². The van der Waals surface area contributed by atoms with Gasteiger partial charge in [0.05, 0.1) is 7.11 Å². The Kier molecular flexibility index (Phi) is 4.51. The molecule has 0 aromatic heterocycles. The van der Waals surface area contributed by atoms with Gasteiger partial charge in [0.25, 0.3) is 0 Å². The highest BCUT2D eigenvalue weighted by Crippen LogP contribution is 2.36. The fourth-order valence-corrected chi connectivity index (χ4v) is 4.09. The number of likely N-dealkylation sites (N-methyl/N-ethyl adjacent to an activating group) is 1. The van der Waals surface area contributed by atoms with Crippen LogP contribution in [-0.4, -0.2) is 31.1 Å². The van der Waals surface area contributed by atoms with Gasteiger partial charge in [-0.15, -0.1) is 0 Å². The molecule has 2 N–H and O–H groups in total. The fourth-order valence-electron chi connectivity index (χ4n) is 4.09. The smallest absolute Gasteiger partial charge is 0.119 e. The second-order valence-electron chi connectivity index (χ2n) is 6.67. The summed E-state index contributed by atoms with van der Waals surface area (Å²) < 4.78 is 5.35. The minimum atomic E-state index is 0.114. The third-order valence-electron chi connectivity index (χ3n) is 5.48. The van der Waals surface area contributed by atoms with E-state index in [-0.39, 0.29) is 6.04 Å². The van der Waals surface area contributed by atoms with E-state index in [1.54, 1.807) is 7.11 Å². The Labute approximate surface area is 128 Å². The molecule has 2 atom stereocenters. The maximum Gasteiger partial charge on any atom is 0.119 e. The molecule has 3 nitrogen and oxygen atoms in total. The molecule has 21 heavy (non-hydrogen) atoms. The van der Waals surface area contributed by atoms with Crippen molar-refractivity contribution in [3.05, 3.63) is 29.3 Å². The summed E-state index contributed by atoms with van der Waals surface area (Å²) in [5.74, 6) is 0.918. The van der Waals surface area contributed by atoms with Crippen molar-refractivity contribution in [3.63, 3.8) is 0 Å². The quantitative estimate of drug-likeness (QED) is 0.868. The predicted molar refractivity (Wildman–Crippen MR) is 86.7 cm³/mol. The van der Waals surface area contributed by atoms with Crippen LogP contribution in [0.1, 0.15) is 55.7 Å². The molecule has 1 saturated carbocycles. The van der Waals surface area contributed by atoms with Gasteiger partial charge in [0.15, 0.2) is 0 Å². The summed E-state index contributed by atoms with van der Waals surface area (Å²) >= 11 is 0. The molecule has 3 heteroatoms. The number of nitrogens with zero attached hydrogens (tertiary/aromatic N) is 1. The van der Waals surface area contributed by atoms with Crippen LogP contribution in [-0.2, 0) is 6.42 Å². The van der Waals surface area contributed by atoms with E-state index < -0.39 is 0 Å². The average molecular weight is 288 g/mol. The summed E-state index contributed by atoms with van der Waals surface area (Å²) in [7, 11) is 4.00. The highest BCUT2D eigenvalue weighted by Gasteiger charge is 2.35. The first kappa shape index (κ1) is 14.9. The summed E-state index contributed by atoms with van der Waals surface area (Å²) in [6.45, 7) is 0. The van der Waals surface area contributed by atoms with Gasteiger partial charge in [-0.2, -0.15) is 0 Å². The molecule has 0 saturated heterocycles. The van der Waals surface area contributed by atoms with Crippen molar-refractivity contribution in [2.45, 2.75) is 63.1 Å². The summed E-state index contributed by atoms with van der Waals surface area (Å²) in [5.41, 5.74) is 9.24. The highest BCUT2D eigenvalue weighted by molar-refractivity contribution is 5.42. The monoisotopic (exact) mass is 288 g/mol. The lowest BCUT2D eigenvalue weighted by Gasteiger charge is -2.35. The van der Waals surface area contributed by atoms with Crippen molar-refractivity contribution in [2.24, 2.45) is 5.73 Å². The Morgan fingerprint density at radius 3 is 2.52 bits per heavy atom. The van der Waals surface area contributed by atoms with Crippen LogP contribution in [0.15, 0.2) is 18.2 Å². The lowest BCUT2D eigenvalue weighted by Crippen LogP contribution is -2.44. The van der Waals surface area contributed by atoms with Gasteiger partial charge >= 0.3 is 0 Å². The first-order valence-corrected chi connectivity index (χ1v) is 8.35. The van der Waals surface area contributed by atoms with E-state index in [9.17, 15) is 0 Å². The molecule has 1 fully saturated rings. The van der Waals surface area contributed by atoms with Crippen LogP contribution in [0.5, 0.6) is 5.75 Å². The predicted octanol–water partition coefficient (Wildman–Crippen LogP) is 3.27. The zero-order chi connectivity index (χ0) is 14.8. The molecule has 0 bridgehead atoms. The second-order valence-corrected chi connectivity index (χ2v) is 6.67. The van der Waals surface area contributed by atoms with Gasteiger partial charge in [0.1, 0.15) is 5.75 Å². The first-order chi connectivity index (χ1) is 10.2. The number of rotatable bonds is 3. The van der Waals surface area contributed by atoms with Crippen molar-refractivity contribution in [1.82, 2.24) is 4.90 Å². The number of nitrogens with two attached hydrogens (primary N) is 1. The molecule has 2 aliphatic carbocycles. The third-order valence-corrected chi connectivity index (χ3v) is 5.48. The van der Waals surface area contributed by atoms with Gasteiger partial charge in [-0.05, 0) is 49.6 Å².